The van der Waals surface area contributed by atoms with E-state index < -0.39 is 0 Å². The number of hydrogen-bond donors (Lipinski definition) is 2. The zero-order chi connectivity index (χ0) is 7.98. The molecule has 60 valence electrons. The third kappa shape index (κ3) is 3.46. The first kappa shape index (κ1) is 10.3. The van der Waals surface area contributed by atoms with Crippen LogP contribution in [-0.2, 0) is 9.53 Å². The number of rotatable bonds is 4. The quantitative estimate of drug-likeness (QED) is 0.394. The maximum absolute atomic E-state index is 10.8. The van der Waals surface area contributed by atoms with Crippen molar-refractivity contribution in [2.45, 2.75) is 11.9 Å². The Morgan fingerprint density at radius 2 is 2.50 bits per heavy atom. The maximum atomic E-state index is 10.8. The monoisotopic (exact) mass is 229 g/mol. The molecule has 3 nitrogen and oxygen atoms in total. The van der Waals surface area contributed by atoms with Gasteiger partial charge < -0.3 is 0 Å². The molecule has 0 rings (SSSR count). The van der Waals surface area contributed by atoms with Crippen LogP contribution in [-0.4, -0.2) is 40.0 Å². The van der Waals surface area contributed by atoms with Crippen LogP contribution in [0.2, 0.25) is 5.82 Å². The molecule has 0 radical (unpaired) electrons. The first-order valence-corrected chi connectivity index (χ1v) is 5.93. The van der Waals surface area contributed by atoms with E-state index in [1.807, 2.05) is 5.82 Å². The summed E-state index contributed by atoms with van der Waals surface area (Å²) in [5, 5.41) is 0. The Labute approximate surface area is 72.7 Å². The normalized spacial score (nSPS) is 12.7. The average Bonchev–Trinajstić information content (AvgIpc) is 1.99. The second-order valence-electron chi connectivity index (χ2n) is 1.58. The topological polar surface area (TPSA) is 38.3 Å². The summed E-state index contributed by atoms with van der Waals surface area (Å²) in [4.78, 5) is 10.8. The summed E-state index contributed by atoms with van der Waals surface area (Å²) in [6, 6.07) is -0.238. The minimum atomic E-state index is -0.238. The van der Waals surface area contributed by atoms with Crippen molar-refractivity contribution in [3.05, 3.63) is 0 Å². The van der Waals surface area contributed by atoms with E-state index in [4.69, 9.17) is 0 Å². The summed E-state index contributed by atoms with van der Waals surface area (Å²) >= 11 is 4.27. The van der Waals surface area contributed by atoms with E-state index in [2.05, 4.69) is 21.7 Å². The molecule has 0 aliphatic carbocycles. The molecule has 0 saturated carbocycles. The molecular formula is C5H11NO2SSe. The van der Waals surface area contributed by atoms with E-state index in [0.29, 0.717) is 5.75 Å². The molecule has 0 spiro atoms. The van der Waals surface area contributed by atoms with Gasteiger partial charge in [0, 0.05) is 0 Å². The van der Waals surface area contributed by atoms with Crippen LogP contribution in [0.1, 0.15) is 0 Å². The van der Waals surface area contributed by atoms with E-state index in [9.17, 15) is 4.79 Å². The Bertz CT molecular complexity index is 112. The second-order valence-corrected chi connectivity index (χ2v) is 3.30. The summed E-state index contributed by atoms with van der Waals surface area (Å²) < 4.78 is 7.51. The van der Waals surface area contributed by atoms with Gasteiger partial charge in [-0.3, -0.25) is 0 Å². The number of methoxy groups -OCH3 is 1. The van der Waals surface area contributed by atoms with Gasteiger partial charge in [-0.1, -0.05) is 0 Å². The fourth-order valence-corrected chi connectivity index (χ4v) is 1.94. The number of ether oxygens (including phenoxy) is 1. The summed E-state index contributed by atoms with van der Waals surface area (Å²) in [7, 11) is 1.38. The van der Waals surface area contributed by atoms with Gasteiger partial charge >= 0.3 is 72.4 Å². The van der Waals surface area contributed by atoms with Crippen LogP contribution < -0.4 is 4.33 Å². The Morgan fingerprint density at radius 1 is 1.90 bits per heavy atom. The number of carbonyl (C=O) groups excluding carboxylic acids is 1. The number of thiol groups is 1. The predicted molar refractivity (Wildman–Crippen MR) is 44.4 cm³/mol. The van der Waals surface area contributed by atoms with E-state index in [1.165, 1.54) is 7.11 Å². The fraction of sp³-hybridized carbons (Fsp3) is 0.800. The van der Waals surface area contributed by atoms with Crippen LogP contribution in [0, 0.1) is 0 Å². The summed E-state index contributed by atoms with van der Waals surface area (Å²) in [5.74, 6) is 2.24. The molecule has 0 fully saturated rings. The van der Waals surface area contributed by atoms with Gasteiger partial charge in [0.1, 0.15) is 0 Å². The molecular weight excluding hydrogens is 217 g/mol. The van der Waals surface area contributed by atoms with Crippen LogP contribution in [0.15, 0.2) is 0 Å². The molecule has 0 heterocycles. The Hall–Kier alpha value is 0.299. The summed E-state index contributed by atoms with van der Waals surface area (Å²) in [5.41, 5.74) is 0. The SMILES string of the molecule is COC(=O)[C@H](CS)N[Se]C. The van der Waals surface area contributed by atoms with Crippen LogP contribution >= 0.6 is 12.6 Å². The van der Waals surface area contributed by atoms with Gasteiger partial charge in [-0.25, -0.2) is 0 Å². The Morgan fingerprint density at radius 3 is 2.80 bits per heavy atom. The molecule has 0 aliphatic rings. The van der Waals surface area contributed by atoms with Crippen molar-refractivity contribution in [2.24, 2.45) is 0 Å². The van der Waals surface area contributed by atoms with Gasteiger partial charge in [-0.05, 0) is 0 Å². The van der Waals surface area contributed by atoms with Crippen molar-refractivity contribution in [2.75, 3.05) is 12.9 Å². The van der Waals surface area contributed by atoms with Crippen LogP contribution in [0.3, 0.4) is 0 Å². The van der Waals surface area contributed by atoms with Crippen LogP contribution in [0.4, 0.5) is 0 Å². The number of esters is 1. The van der Waals surface area contributed by atoms with Crippen molar-refractivity contribution in [1.82, 2.24) is 4.33 Å². The van der Waals surface area contributed by atoms with Crippen molar-refractivity contribution in [3.8, 4) is 0 Å². The van der Waals surface area contributed by atoms with Gasteiger partial charge in [0.2, 0.25) is 0 Å². The number of carbonyl (C=O) groups is 1. The molecule has 1 atom stereocenters. The third-order valence-corrected chi connectivity index (χ3v) is 2.38. The number of nitrogens with one attached hydrogen (secondary N) is 1. The Balaban J connectivity index is 3.68. The van der Waals surface area contributed by atoms with Crippen molar-refractivity contribution >= 4 is 33.8 Å². The van der Waals surface area contributed by atoms with Crippen molar-refractivity contribution in [1.29, 1.82) is 0 Å². The zero-order valence-corrected chi connectivity index (χ0v) is 8.56. The third-order valence-electron chi connectivity index (χ3n) is 0.928. The molecule has 0 aromatic rings. The molecule has 0 aliphatic heterocycles. The van der Waals surface area contributed by atoms with E-state index >= 15 is 0 Å². The molecule has 5 heteroatoms. The first-order valence-electron chi connectivity index (χ1n) is 2.73. The fourth-order valence-electron chi connectivity index (χ4n) is 0.444. The summed E-state index contributed by atoms with van der Waals surface area (Å²) in [6.07, 6.45) is 0. The van der Waals surface area contributed by atoms with E-state index in [-0.39, 0.29) is 27.2 Å². The molecule has 0 saturated heterocycles. The second kappa shape index (κ2) is 6.04. The molecule has 0 unspecified atom stereocenters. The van der Waals surface area contributed by atoms with Crippen LogP contribution in [0.25, 0.3) is 0 Å². The van der Waals surface area contributed by atoms with Gasteiger partial charge in [0.25, 0.3) is 0 Å². The average molecular weight is 228 g/mol. The standard InChI is InChI=1S/C5H11NO2SSe/c1-8-5(7)4(3-9)6-10-2/h4,6,9H,3H2,1-2H3/t4-/m0/s1. The molecule has 0 amide bonds. The van der Waals surface area contributed by atoms with E-state index in [0.717, 1.165) is 0 Å². The number of hydrogen-bond acceptors (Lipinski definition) is 4. The predicted octanol–water partition coefficient (Wildman–Crippen LogP) is -0.285. The summed E-state index contributed by atoms with van der Waals surface area (Å²) in [6.45, 7) is 0. The molecule has 0 bridgehead atoms. The van der Waals surface area contributed by atoms with Gasteiger partial charge in [-0.15, -0.1) is 0 Å². The van der Waals surface area contributed by atoms with Gasteiger partial charge in [0.05, 0.1) is 0 Å². The molecule has 0 aromatic heterocycles. The first-order chi connectivity index (χ1) is 4.76. The van der Waals surface area contributed by atoms with Gasteiger partial charge in [-0.2, -0.15) is 0 Å². The Kier molecular flexibility index (Phi) is 6.22. The molecule has 1 N–H and O–H groups in total. The molecule has 0 aromatic carbocycles. The minimum absolute atomic E-state index is 0.237. The molecule has 10 heavy (non-hydrogen) atoms. The zero-order valence-electron chi connectivity index (χ0n) is 5.96. The van der Waals surface area contributed by atoms with Crippen molar-refractivity contribution < 1.29 is 9.53 Å². The van der Waals surface area contributed by atoms with Crippen molar-refractivity contribution in [3.63, 3.8) is 0 Å². The van der Waals surface area contributed by atoms with Gasteiger partial charge in [0.15, 0.2) is 0 Å². The van der Waals surface area contributed by atoms with Crippen LogP contribution in [0.5, 0.6) is 0 Å². The van der Waals surface area contributed by atoms with E-state index in [1.54, 1.807) is 0 Å².